The summed E-state index contributed by atoms with van der Waals surface area (Å²) in [4.78, 5) is 15.7. The largest absolute Gasteiger partial charge is 0.447 e. The number of hydrogen-bond donors (Lipinski definition) is 1. The normalized spacial score (nSPS) is 15.9. The Morgan fingerprint density at radius 2 is 1.70 bits per heavy atom. The van der Waals surface area contributed by atoms with E-state index in [-0.39, 0.29) is 6.10 Å². The van der Waals surface area contributed by atoms with E-state index in [1.807, 2.05) is 0 Å². The fourth-order valence-corrected chi connectivity index (χ4v) is 2.30. The minimum Gasteiger partial charge on any atom is -0.447 e. The topological polar surface area (TPSA) is 54.5 Å². The van der Waals surface area contributed by atoms with Crippen LogP contribution in [0.15, 0.2) is 0 Å². The summed E-state index contributed by atoms with van der Waals surface area (Å²) >= 11 is 0. The van der Waals surface area contributed by atoms with E-state index >= 15 is 0 Å². The van der Waals surface area contributed by atoms with Crippen molar-refractivity contribution >= 4 is 11.8 Å². The number of anilines is 1. The van der Waals surface area contributed by atoms with Gasteiger partial charge in [0.1, 0.15) is 5.69 Å². The van der Waals surface area contributed by atoms with Crippen LogP contribution in [0.5, 0.6) is 0 Å². The summed E-state index contributed by atoms with van der Waals surface area (Å²) in [5.74, 6) is -6.54. The van der Waals surface area contributed by atoms with Gasteiger partial charge in [-0.2, -0.15) is 22.5 Å². The van der Waals surface area contributed by atoms with Gasteiger partial charge in [-0.05, 0) is 26.7 Å². The molecule has 1 N–H and O–H groups in total. The van der Waals surface area contributed by atoms with Gasteiger partial charge in [0.15, 0.2) is 0 Å². The zero-order valence-corrected chi connectivity index (χ0v) is 12.7. The van der Waals surface area contributed by atoms with E-state index in [0.29, 0.717) is 25.9 Å². The Morgan fingerprint density at radius 3 is 2.17 bits per heavy atom. The second-order valence-electron chi connectivity index (χ2n) is 5.53. The highest BCUT2D eigenvalue weighted by molar-refractivity contribution is 5.68. The lowest BCUT2D eigenvalue weighted by molar-refractivity contribution is 0.0701. The second kappa shape index (κ2) is 7.01. The maximum atomic E-state index is 13.6. The quantitative estimate of drug-likeness (QED) is 0.681. The van der Waals surface area contributed by atoms with Crippen molar-refractivity contribution in [3.05, 3.63) is 23.5 Å². The van der Waals surface area contributed by atoms with Crippen molar-refractivity contribution in [1.29, 1.82) is 0 Å². The molecule has 0 radical (unpaired) electrons. The third-order valence-electron chi connectivity index (χ3n) is 3.44. The number of piperidine rings is 1. The molecule has 1 fully saturated rings. The number of aromatic nitrogens is 1. The third-order valence-corrected chi connectivity index (χ3v) is 3.44. The third kappa shape index (κ3) is 4.02. The number of nitrogens with zero attached hydrogens (tertiary/aromatic N) is 2. The summed E-state index contributed by atoms with van der Waals surface area (Å²) in [7, 11) is 0. The van der Waals surface area contributed by atoms with Gasteiger partial charge in [-0.25, -0.2) is 4.79 Å². The van der Waals surface area contributed by atoms with E-state index in [9.17, 15) is 22.4 Å². The van der Waals surface area contributed by atoms with Crippen LogP contribution >= 0.6 is 0 Å². The van der Waals surface area contributed by atoms with Crippen LogP contribution in [-0.2, 0) is 4.74 Å². The Hall–Kier alpha value is -2.06. The van der Waals surface area contributed by atoms with Gasteiger partial charge in [-0.1, -0.05) is 0 Å². The van der Waals surface area contributed by atoms with Crippen molar-refractivity contribution in [3.63, 3.8) is 0 Å². The molecule has 0 saturated carbocycles. The number of ether oxygens (including phenoxy) is 1. The number of rotatable bonds is 3. The molecule has 1 aromatic heterocycles. The lowest BCUT2D eigenvalue weighted by Gasteiger charge is -2.32. The second-order valence-corrected chi connectivity index (χ2v) is 5.53. The van der Waals surface area contributed by atoms with Gasteiger partial charge in [-0.15, -0.1) is 0 Å². The van der Waals surface area contributed by atoms with Gasteiger partial charge in [-0.3, -0.25) is 0 Å². The van der Waals surface area contributed by atoms with Crippen molar-refractivity contribution in [2.75, 3.05) is 18.4 Å². The number of likely N-dealkylation sites (tertiary alicyclic amines) is 1. The first-order valence-electron chi connectivity index (χ1n) is 7.21. The van der Waals surface area contributed by atoms with Crippen molar-refractivity contribution in [3.8, 4) is 0 Å². The van der Waals surface area contributed by atoms with Crippen molar-refractivity contribution in [2.45, 2.75) is 38.8 Å². The molecule has 0 bridgehead atoms. The van der Waals surface area contributed by atoms with Crippen LogP contribution in [0.1, 0.15) is 26.7 Å². The highest BCUT2D eigenvalue weighted by atomic mass is 19.2. The minimum atomic E-state index is -1.70. The fraction of sp³-hybridized carbons (Fsp3) is 0.571. The minimum absolute atomic E-state index is 0.246. The number of amides is 1. The molecule has 0 spiro atoms. The smallest absolute Gasteiger partial charge is 0.410 e. The van der Waals surface area contributed by atoms with Crippen LogP contribution < -0.4 is 5.32 Å². The first-order chi connectivity index (χ1) is 10.8. The molecule has 0 atom stereocenters. The average molecular weight is 335 g/mol. The molecule has 1 saturated heterocycles. The number of halogens is 4. The van der Waals surface area contributed by atoms with Gasteiger partial charge in [0.05, 0.1) is 6.10 Å². The number of pyridine rings is 1. The van der Waals surface area contributed by atoms with E-state index in [0.717, 1.165) is 0 Å². The average Bonchev–Trinajstić information content (AvgIpc) is 2.49. The molecular formula is C14H17F4N3O2. The van der Waals surface area contributed by atoms with E-state index in [1.165, 1.54) is 4.90 Å². The van der Waals surface area contributed by atoms with E-state index in [4.69, 9.17) is 4.74 Å². The monoisotopic (exact) mass is 335 g/mol. The molecule has 9 heteroatoms. The molecule has 0 aromatic carbocycles. The van der Waals surface area contributed by atoms with E-state index in [2.05, 4.69) is 10.3 Å². The van der Waals surface area contributed by atoms with E-state index in [1.54, 1.807) is 13.8 Å². The van der Waals surface area contributed by atoms with Crippen LogP contribution in [0.4, 0.5) is 28.0 Å². The lowest BCUT2D eigenvalue weighted by Crippen LogP contribution is -2.43. The predicted molar refractivity (Wildman–Crippen MR) is 73.9 cm³/mol. The first-order valence-corrected chi connectivity index (χ1v) is 7.21. The Balaban J connectivity index is 1.99. The molecule has 2 heterocycles. The zero-order valence-electron chi connectivity index (χ0n) is 12.7. The lowest BCUT2D eigenvalue weighted by atomic mass is 10.1. The molecule has 5 nitrogen and oxygen atoms in total. The highest BCUT2D eigenvalue weighted by Crippen LogP contribution is 2.25. The highest BCUT2D eigenvalue weighted by Gasteiger charge is 2.27. The molecule has 1 amide bonds. The Labute approximate surface area is 130 Å². The van der Waals surface area contributed by atoms with Crippen LogP contribution in [0.2, 0.25) is 0 Å². The molecule has 23 heavy (non-hydrogen) atoms. The summed E-state index contributed by atoms with van der Waals surface area (Å²) in [6, 6.07) is -0.428. The van der Waals surface area contributed by atoms with Crippen LogP contribution in [0, 0.1) is 23.5 Å². The summed E-state index contributed by atoms with van der Waals surface area (Å²) in [6.07, 6.45) is 0.0102. The predicted octanol–water partition coefficient (Wildman–Crippen LogP) is 3.06. The van der Waals surface area contributed by atoms with Gasteiger partial charge in [0.25, 0.3) is 11.9 Å². The Morgan fingerprint density at radius 1 is 1.17 bits per heavy atom. The molecule has 1 aliphatic heterocycles. The number of nitrogens with one attached hydrogen (secondary N) is 1. The maximum Gasteiger partial charge on any atom is 0.410 e. The van der Waals surface area contributed by atoms with E-state index < -0.39 is 41.4 Å². The summed E-state index contributed by atoms with van der Waals surface area (Å²) in [5.41, 5.74) is -0.877. The molecule has 1 aliphatic rings. The van der Waals surface area contributed by atoms with Gasteiger partial charge in [0, 0.05) is 19.1 Å². The van der Waals surface area contributed by atoms with Gasteiger partial charge < -0.3 is 15.0 Å². The maximum absolute atomic E-state index is 13.6. The zero-order chi connectivity index (χ0) is 17.1. The summed E-state index contributed by atoms with van der Waals surface area (Å²) in [6.45, 7) is 4.07. The van der Waals surface area contributed by atoms with Crippen LogP contribution in [0.3, 0.4) is 0 Å². The molecule has 2 rings (SSSR count). The summed E-state index contributed by atoms with van der Waals surface area (Å²) < 4.78 is 58.3. The number of carbonyl (C=O) groups excluding carboxylic acids is 1. The van der Waals surface area contributed by atoms with Gasteiger partial charge >= 0.3 is 6.09 Å². The standard InChI is InChI=1S/C14H17F4N3O2/c1-7(2)23-14(22)21-5-3-8(4-6-21)19-11-9(15)12(17)20-13(18)10(11)16/h7-8H,3-6H2,1-2H3,(H,19,20). The molecule has 0 unspecified atom stereocenters. The molecule has 1 aromatic rings. The Bertz CT molecular complexity index is 564. The first kappa shape index (κ1) is 17.3. The SMILES string of the molecule is CC(C)OC(=O)N1CCC(Nc2c(F)c(F)nc(F)c2F)CC1. The van der Waals surface area contributed by atoms with Gasteiger partial charge in [0.2, 0.25) is 11.6 Å². The summed E-state index contributed by atoms with van der Waals surface area (Å²) in [5, 5.41) is 2.45. The molecule has 128 valence electrons. The number of carbonyl (C=O) groups is 1. The van der Waals surface area contributed by atoms with Crippen molar-refractivity contribution in [1.82, 2.24) is 9.88 Å². The fourth-order valence-electron chi connectivity index (χ4n) is 2.30. The number of hydrogen-bond acceptors (Lipinski definition) is 4. The molecular weight excluding hydrogens is 318 g/mol. The van der Waals surface area contributed by atoms with Crippen molar-refractivity contribution < 1.29 is 27.1 Å². The molecule has 0 aliphatic carbocycles. The van der Waals surface area contributed by atoms with Crippen molar-refractivity contribution in [2.24, 2.45) is 0 Å². The van der Waals surface area contributed by atoms with Crippen LogP contribution in [-0.4, -0.2) is 41.2 Å². The van der Waals surface area contributed by atoms with Crippen LogP contribution in [0.25, 0.3) is 0 Å². The Kier molecular flexibility index (Phi) is 5.27.